The average Bonchev–Trinajstić information content (AvgIpc) is 2.79. The van der Waals surface area contributed by atoms with Crippen molar-refractivity contribution in [3.63, 3.8) is 0 Å². The van der Waals surface area contributed by atoms with E-state index in [1.54, 1.807) is 13.8 Å². The number of nitrogens with one attached hydrogen (secondary N) is 2. The van der Waals surface area contributed by atoms with Gasteiger partial charge >= 0.3 is 0 Å². The minimum absolute atomic E-state index is 0.0594. The van der Waals surface area contributed by atoms with Crippen molar-refractivity contribution in [2.75, 3.05) is 5.75 Å². The number of hydrazone groups is 1. The van der Waals surface area contributed by atoms with Crippen LogP contribution in [-0.2, 0) is 10.0 Å². The monoisotopic (exact) mass is 280 g/mol. The Morgan fingerprint density at radius 3 is 2.84 bits per heavy atom. The number of sulfonamides is 1. The number of rotatable bonds is 5. The van der Waals surface area contributed by atoms with Gasteiger partial charge in [0.25, 0.3) is 0 Å². The molecule has 0 unspecified atom stereocenters. The summed E-state index contributed by atoms with van der Waals surface area (Å²) in [5.41, 5.74) is 2.21. The van der Waals surface area contributed by atoms with Crippen molar-refractivity contribution in [1.82, 2.24) is 14.8 Å². The lowest BCUT2D eigenvalue weighted by atomic mass is 10.3. The number of aromatic amines is 1. The Balaban J connectivity index is 2.21. The van der Waals surface area contributed by atoms with Gasteiger partial charge in [-0.3, -0.25) is 0 Å². The van der Waals surface area contributed by atoms with Crippen LogP contribution in [0.1, 0.15) is 26.1 Å². The molecule has 2 N–H and O–H groups in total. The van der Waals surface area contributed by atoms with Crippen LogP contribution in [0.15, 0.2) is 29.4 Å². The molecule has 1 aromatic heterocycles. The normalized spacial score (nSPS) is 12.8. The fraction of sp³-hybridized carbons (Fsp3) is 0.333. The average molecular weight is 280 g/mol. The van der Waals surface area contributed by atoms with E-state index in [1.807, 2.05) is 24.3 Å². The Kier molecular flexibility index (Phi) is 3.84. The Morgan fingerprint density at radius 1 is 1.42 bits per heavy atom. The van der Waals surface area contributed by atoms with Gasteiger partial charge in [-0.15, -0.1) is 0 Å². The number of hydrogen-bond donors (Lipinski definition) is 2. The van der Waals surface area contributed by atoms with Crippen molar-refractivity contribution in [3.05, 3.63) is 30.1 Å². The molecule has 0 radical (unpaired) electrons. The first-order valence-electron chi connectivity index (χ1n) is 6.01. The molecule has 2 aromatic rings. The molecule has 0 aliphatic rings. The molecule has 0 aliphatic carbocycles. The number of hydrogen-bond acceptors (Lipinski definition) is 4. The molecular formula is C12H16N4O2S. The molecule has 0 spiro atoms. The summed E-state index contributed by atoms with van der Waals surface area (Å²) < 4.78 is 23.0. The van der Waals surface area contributed by atoms with Gasteiger partial charge < -0.3 is 4.98 Å². The van der Waals surface area contributed by atoms with Gasteiger partial charge in [-0.25, -0.2) is 18.2 Å². The predicted octanol–water partition coefficient (Wildman–Crippen LogP) is 1.62. The fourth-order valence-corrected chi connectivity index (χ4v) is 2.53. The highest BCUT2D eigenvalue weighted by molar-refractivity contribution is 7.89. The van der Waals surface area contributed by atoms with Crippen LogP contribution < -0.4 is 4.83 Å². The van der Waals surface area contributed by atoms with E-state index in [0.717, 1.165) is 11.0 Å². The predicted molar refractivity (Wildman–Crippen MR) is 75.5 cm³/mol. The van der Waals surface area contributed by atoms with Crippen LogP contribution >= 0.6 is 0 Å². The Hall–Kier alpha value is -1.89. The molecule has 0 saturated heterocycles. The largest absolute Gasteiger partial charge is 0.337 e. The van der Waals surface area contributed by atoms with Gasteiger partial charge in [-0.05, 0) is 25.5 Å². The zero-order valence-corrected chi connectivity index (χ0v) is 11.7. The first-order chi connectivity index (χ1) is 9.02. The van der Waals surface area contributed by atoms with Gasteiger partial charge in [0.15, 0.2) is 5.82 Å². The summed E-state index contributed by atoms with van der Waals surface area (Å²) in [6.07, 6.45) is 0.550. The highest BCUT2D eigenvalue weighted by Gasteiger charge is 2.09. The smallest absolute Gasteiger partial charge is 0.247 e. The van der Waals surface area contributed by atoms with Crippen LogP contribution in [0.5, 0.6) is 0 Å². The topological polar surface area (TPSA) is 87.2 Å². The minimum Gasteiger partial charge on any atom is -0.337 e. The van der Waals surface area contributed by atoms with Gasteiger partial charge in [0.05, 0.1) is 16.8 Å². The zero-order valence-electron chi connectivity index (χ0n) is 10.8. The highest BCUT2D eigenvalue weighted by atomic mass is 32.2. The molecule has 0 aliphatic heterocycles. The first-order valence-corrected chi connectivity index (χ1v) is 7.66. The molecular weight excluding hydrogens is 264 g/mol. The summed E-state index contributed by atoms with van der Waals surface area (Å²) in [6, 6.07) is 7.58. The lowest BCUT2D eigenvalue weighted by Gasteiger charge is -2.01. The standard InChI is InChI=1S/C12H16N4O2S/c1-3-8-19(17,18)16-15-9(2)12-13-10-6-4-5-7-11(10)14-12/h4-7,16H,3,8H2,1-2H3,(H,13,14)/b15-9+. The van der Waals surface area contributed by atoms with Gasteiger partial charge in [0.1, 0.15) is 5.71 Å². The van der Waals surface area contributed by atoms with Crippen LogP contribution in [-0.4, -0.2) is 29.9 Å². The van der Waals surface area contributed by atoms with E-state index < -0.39 is 10.0 Å². The Bertz CT molecular complexity index is 670. The highest BCUT2D eigenvalue weighted by Crippen LogP contribution is 2.10. The number of benzene rings is 1. The summed E-state index contributed by atoms with van der Waals surface area (Å²) >= 11 is 0. The van der Waals surface area contributed by atoms with E-state index in [-0.39, 0.29) is 5.75 Å². The number of nitrogens with zero attached hydrogens (tertiary/aromatic N) is 2. The third-order valence-electron chi connectivity index (χ3n) is 2.56. The molecule has 1 heterocycles. The van der Waals surface area contributed by atoms with E-state index >= 15 is 0 Å². The number of imidazole rings is 1. The molecule has 0 amide bonds. The van der Waals surface area contributed by atoms with Gasteiger partial charge in [0.2, 0.25) is 10.0 Å². The molecule has 0 bridgehead atoms. The summed E-state index contributed by atoms with van der Waals surface area (Å²) in [4.78, 5) is 9.63. The molecule has 6 nitrogen and oxygen atoms in total. The molecule has 0 fully saturated rings. The fourth-order valence-electron chi connectivity index (χ4n) is 1.63. The molecule has 102 valence electrons. The molecule has 0 atom stereocenters. The Labute approximate surface area is 112 Å². The van der Waals surface area contributed by atoms with E-state index in [4.69, 9.17) is 0 Å². The minimum atomic E-state index is -3.34. The van der Waals surface area contributed by atoms with Crippen molar-refractivity contribution in [1.29, 1.82) is 0 Å². The molecule has 1 aromatic carbocycles. The number of fused-ring (bicyclic) bond motifs is 1. The first kappa shape index (κ1) is 13.5. The second kappa shape index (κ2) is 5.40. The van der Waals surface area contributed by atoms with Gasteiger partial charge in [-0.2, -0.15) is 5.10 Å². The summed E-state index contributed by atoms with van der Waals surface area (Å²) in [5.74, 6) is 0.615. The number of aromatic nitrogens is 2. The lowest BCUT2D eigenvalue weighted by Crippen LogP contribution is -2.22. The number of H-pyrrole nitrogens is 1. The van der Waals surface area contributed by atoms with Crippen LogP contribution in [0.2, 0.25) is 0 Å². The van der Waals surface area contributed by atoms with Crippen molar-refractivity contribution < 1.29 is 8.42 Å². The van der Waals surface area contributed by atoms with E-state index in [0.29, 0.717) is 18.0 Å². The van der Waals surface area contributed by atoms with Crippen LogP contribution in [0.25, 0.3) is 11.0 Å². The second-order valence-electron chi connectivity index (χ2n) is 4.21. The summed E-state index contributed by atoms with van der Waals surface area (Å²) in [5, 5.41) is 3.86. The Morgan fingerprint density at radius 2 is 2.16 bits per heavy atom. The quantitative estimate of drug-likeness (QED) is 0.644. The second-order valence-corrected chi connectivity index (χ2v) is 6.03. The van der Waals surface area contributed by atoms with Crippen molar-refractivity contribution in [2.45, 2.75) is 20.3 Å². The van der Waals surface area contributed by atoms with Crippen molar-refractivity contribution >= 4 is 26.8 Å². The molecule has 7 heteroatoms. The van der Waals surface area contributed by atoms with E-state index in [9.17, 15) is 8.42 Å². The number of para-hydroxylation sites is 2. The third-order valence-corrected chi connectivity index (χ3v) is 3.87. The van der Waals surface area contributed by atoms with Crippen LogP contribution in [0.3, 0.4) is 0 Å². The van der Waals surface area contributed by atoms with Crippen molar-refractivity contribution in [3.8, 4) is 0 Å². The maximum atomic E-state index is 11.5. The summed E-state index contributed by atoms with van der Waals surface area (Å²) in [6.45, 7) is 3.50. The van der Waals surface area contributed by atoms with Gasteiger partial charge in [-0.1, -0.05) is 19.1 Å². The summed E-state index contributed by atoms with van der Waals surface area (Å²) in [7, 11) is -3.34. The van der Waals surface area contributed by atoms with Crippen LogP contribution in [0, 0.1) is 0 Å². The third kappa shape index (κ3) is 3.31. The van der Waals surface area contributed by atoms with E-state index in [2.05, 4.69) is 19.9 Å². The molecule has 0 saturated carbocycles. The zero-order chi connectivity index (χ0) is 13.9. The lowest BCUT2D eigenvalue weighted by molar-refractivity contribution is 0.583. The van der Waals surface area contributed by atoms with Crippen molar-refractivity contribution in [2.24, 2.45) is 5.10 Å². The molecule has 2 rings (SSSR count). The maximum Gasteiger partial charge on any atom is 0.247 e. The molecule has 19 heavy (non-hydrogen) atoms. The van der Waals surface area contributed by atoms with Gasteiger partial charge in [0, 0.05) is 0 Å². The van der Waals surface area contributed by atoms with Crippen LogP contribution in [0.4, 0.5) is 0 Å². The van der Waals surface area contributed by atoms with E-state index in [1.165, 1.54) is 0 Å². The maximum absolute atomic E-state index is 11.5. The SMILES string of the molecule is CCCS(=O)(=O)N/N=C(\C)c1nc2ccccc2[nH]1.